The first-order valence-electron chi connectivity index (χ1n) is 17.0. The van der Waals surface area contributed by atoms with Gasteiger partial charge in [0, 0.05) is 29.9 Å². The molecule has 10 heteroatoms. The van der Waals surface area contributed by atoms with Crippen LogP contribution in [-0.4, -0.2) is 83.1 Å². The molecule has 262 valence electrons. The average molecular weight is 674 g/mol. The zero-order chi connectivity index (χ0) is 34.4. The molecule has 49 heavy (non-hydrogen) atoms. The Balaban J connectivity index is 1.19. The summed E-state index contributed by atoms with van der Waals surface area (Å²) in [5, 5.41) is 42.5. The Hall–Kier alpha value is -4.35. The number of phenols is 2. The lowest BCUT2D eigenvalue weighted by molar-refractivity contribution is -0.0687. The van der Waals surface area contributed by atoms with Crippen LogP contribution in [-0.2, 0) is 27.4 Å². The largest absolute Gasteiger partial charge is 0.508 e. The Kier molecular flexibility index (Phi) is 13.5. The molecule has 5 rings (SSSR count). The minimum absolute atomic E-state index is 0.101. The monoisotopic (exact) mass is 673 g/mol. The third-order valence-electron chi connectivity index (χ3n) is 8.74. The van der Waals surface area contributed by atoms with Gasteiger partial charge in [0.2, 0.25) is 0 Å². The number of hydrogen-bond acceptors (Lipinski definition) is 9. The van der Waals surface area contributed by atoms with E-state index in [4.69, 9.17) is 24.1 Å². The van der Waals surface area contributed by atoms with E-state index in [-0.39, 0.29) is 44.4 Å². The summed E-state index contributed by atoms with van der Waals surface area (Å²) < 4.78 is 23.5. The maximum atomic E-state index is 13.0. The molecule has 1 amide bonds. The Morgan fingerprint density at radius 3 is 2.37 bits per heavy atom. The highest BCUT2D eigenvalue weighted by atomic mass is 16.6. The summed E-state index contributed by atoms with van der Waals surface area (Å²) in [5.74, 6) is 0.645. The van der Waals surface area contributed by atoms with Crippen molar-refractivity contribution in [2.75, 3.05) is 39.5 Å². The number of nitrogens with zero attached hydrogens (tertiary/aromatic N) is 1. The Bertz CT molecular complexity index is 1610. The van der Waals surface area contributed by atoms with Crippen molar-refractivity contribution in [1.82, 2.24) is 4.90 Å². The van der Waals surface area contributed by atoms with Gasteiger partial charge in [-0.15, -0.1) is 0 Å². The molecule has 0 saturated carbocycles. The van der Waals surface area contributed by atoms with Gasteiger partial charge in [-0.3, -0.25) is 0 Å². The van der Waals surface area contributed by atoms with Crippen LogP contribution in [0.4, 0.5) is 4.79 Å². The van der Waals surface area contributed by atoms with Crippen LogP contribution in [0.5, 0.6) is 17.2 Å². The van der Waals surface area contributed by atoms with E-state index >= 15 is 0 Å². The molecule has 0 bridgehead atoms. The summed E-state index contributed by atoms with van der Waals surface area (Å²) in [6.45, 7) is 2.19. The number of piperidine rings is 1. The molecule has 4 N–H and O–H groups in total. The predicted octanol–water partition coefficient (Wildman–Crippen LogP) is 6.27. The normalized spacial score (nSPS) is 17.7. The third-order valence-corrected chi connectivity index (χ3v) is 8.74. The van der Waals surface area contributed by atoms with Crippen molar-refractivity contribution >= 4 is 16.9 Å². The molecule has 4 aromatic rings. The molecule has 10 nitrogen and oxygen atoms in total. The minimum Gasteiger partial charge on any atom is -0.508 e. The van der Waals surface area contributed by atoms with E-state index in [1.807, 2.05) is 66.7 Å². The number of aliphatic hydroxyl groups excluding tert-OH is 2. The first-order chi connectivity index (χ1) is 23.9. The highest BCUT2D eigenvalue weighted by Gasteiger charge is 2.40. The van der Waals surface area contributed by atoms with Gasteiger partial charge in [0.25, 0.3) is 0 Å². The van der Waals surface area contributed by atoms with Crippen LogP contribution in [0.25, 0.3) is 10.8 Å². The van der Waals surface area contributed by atoms with Gasteiger partial charge >= 0.3 is 6.09 Å². The van der Waals surface area contributed by atoms with E-state index in [0.29, 0.717) is 38.4 Å². The van der Waals surface area contributed by atoms with E-state index in [0.717, 1.165) is 46.7 Å². The number of unbranched alkanes of at least 4 members (excludes halogenated alkanes) is 3. The zero-order valence-corrected chi connectivity index (χ0v) is 27.8. The highest BCUT2D eigenvalue weighted by molar-refractivity contribution is 5.88. The number of carbonyl (C=O) groups is 1. The third kappa shape index (κ3) is 10.3. The molecule has 0 aliphatic carbocycles. The van der Waals surface area contributed by atoms with Crippen LogP contribution in [0, 0.1) is 0 Å². The van der Waals surface area contributed by atoms with E-state index in [9.17, 15) is 20.1 Å². The number of fused-ring (bicyclic) bond motifs is 1. The lowest BCUT2D eigenvalue weighted by Gasteiger charge is -2.41. The molecule has 1 saturated heterocycles. The molecular weight excluding hydrogens is 626 g/mol. The van der Waals surface area contributed by atoms with Crippen molar-refractivity contribution in [3.63, 3.8) is 0 Å². The van der Waals surface area contributed by atoms with Gasteiger partial charge in [-0.1, -0.05) is 61.0 Å². The quantitative estimate of drug-likeness (QED) is 0.0956. The van der Waals surface area contributed by atoms with Crippen molar-refractivity contribution in [3.8, 4) is 17.2 Å². The molecule has 3 unspecified atom stereocenters. The molecule has 1 aliphatic heterocycles. The number of ether oxygens (including phenoxy) is 4. The van der Waals surface area contributed by atoms with Crippen molar-refractivity contribution in [2.24, 2.45) is 0 Å². The van der Waals surface area contributed by atoms with Crippen LogP contribution in [0.1, 0.15) is 54.7 Å². The maximum Gasteiger partial charge on any atom is 0.409 e. The fourth-order valence-corrected chi connectivity index (χ4v) is 6.14. The Labute approximate surface area is 287 Å². The second kappa shape index (κ2) is 18.4. The summed E-state index contributed by atoms with van der Waals surface area (Å²) in [4.78, 5) is 14.5. The second-order valence-electron chi connectivity index (χ2n) is 12.4. The SMILES string of the molecule is O=C(OCCCCCCO)N1CC(O)C(c2ccc(OCCCOCc3ccccc3O)cc2)C(OCc2cc(O)c3ccccc3c2)C1. The number of benzene rings is 4. The molecule has 1 fully saturated rings. The molecule has 1 aliphatic rings. The van der Waals surface area contributed by atoms with Crippen LogP contribution in [0.2, 0.25) is 0 Å². The molecule has 0 radical (unpaired) electrons. The molecular formula is C39H47NO9. The summed E-state index contributed by atoms with van der Waals surface area (Å²) in [6, 6.07) is 25.9. The van der Waals surface area contributed by atoms with E-state index in [1.165, 1.54) is 4.90 Å². The lowest BCUT2D eigenvalue weighted by Crippen LogP contribution is -2.53. The number of phenolic OH excluding ortho intramolecular Hbond substituents is 2. The fourth-order valence-electron chi connectivity index (χ4n) is 6.14. The van der Waals surface area contributed by atoms with E-state index < -0.39 is 24.2 Å². The van der Waals surface area contributed by atoms with Gasteiger partial charge in [-0.05, 0) is 66.1 Å². The number of para-hydroxylation sites is 1. The van der Waals surface area contributed by atoms with Crippen molar-refractivity contribution in [1.29, 1.82) is 0 Å². The summed E-state index contributed by atoms with van der Waals surface area (Å²) in [7, 11) is 0. The summed E-state index contributed by atoms with van der Waals surface area (Å²) >= 11 is 0. The number of rotatable bonds is 17. The first kappa shape index (κ1) is 35.9. The summed E-state index contributed by atoms with van der Waals surface area (Å²) in [6.07, 6.45) is 1.88. The van der Waals surface area contributed by atoms with Crippen molar-refractivity contribution < 1.29 is 44.2 Å². The molecule has 3 atom stereocenters. The van der Waals surface area contributed by atoms with Gasteiger partial charge in [-0.25, -0.2) is 4.79 Å². The lowest BCUT2D eigenvalue weighted by atomic mass is 9.84. The van der Waals surface area contributed by atoms with Crippen molar-refractivity contribution in [2.45, 2.75) is 63.4 Å². The van der Waals surface area contributed by atoms with Crippen LogP contribution >= 0.6 is 0 Å². The molecule has 4 aromatic carbocycles. The molecule has 0 aromatic heterocycles. The van der Waals surface area contributed by atoms with Gasteiger partial charge in [0.1, 0.15) is 17.2 Å². The Morgan fingerprint density at radius 1 is 0.776 bits per heavy atom. The fraction of sp³-hybridized carbons (Fsp3) is 0.410. The van der Waals surface area contributed by atoms with Crippen molar-refractivity contribution in [3.05, 3.63) is 102 Å². The van der Waals surface area contributed by atoms with Crippen LogP contribution in [0.15, 0.2) is 84.9 Å². The van der Waals surface area contributed by atoms with Gasteiger partial charge in [-0.2, -0.15) is 0 Å². The van der Waals surface area contributed by atoms with E-state index in [2.05, 4.69) is 0 Å². The van der Waals surface area contributed by atoms with Gasteiger partial charge in [0.15, 0.2) is 0 Å². The number of β-amino-alcohol motifs (C(OH)–C–C–N with tert-alkyl or cyclic N) is 1. The summed E-state index contributed by atoms with van der Waals surface area (Å²) in [5.41, 5.74) is 2.38. The van der Waals surface area contributed by atoms with Gasteiger partial charge in [0.05, 0.1) is 58.3 Å². The zero-order valence-electron chi connectivity index (χ0n) is 27.8. The minimum atomic E-state index is -0.908. The smallest absolute Gasteiger partial charge is 0.409 e. The Morgan fingerprint density at radius 2 is 1.55 bits per heavy atom. The van der Waals surface area contributed by atoms with Crippen LogP contribution in [0.3, 0.4) is 0 Å². The average Bonchev–Trinajstić information content (AvgIpc) is 3.11. The number of amides is 1. The highest BCUT2D eigenvalue weighted by Crippen LogP contribution is 2.34. The van der Waals surface area contributed by atoms with Gasteiger partial charge < -0.3 is 44.3 Å². The number of hydrogen-bond donors (Lipinski definition) is 4. The maximum absolute atomic E-state index is 13.0. The number of likely N-dealkylation sites (tertiary alicyclic amines) is 1. The topological polar surface area (TPSA) is 138 Å². The molecule has 0 spiro atoms. The van der Waals surface area contributed by atoms with Crippen LogP contribution < -0.4 is 4.74 Å². The predicted molar refractivity (Wildman–Crippen MR) is 186 cm³/mol. The first-order valence-corrected chi connectivity index (χ1v) is 17.0. The number of carbonyl (C=O) groups excluding carboxylic acids is 1. The number of aromatic hydroxyl groups is 2. The second-order valence-corrected chi connectivity index (χ2v) is 12.4. The number of aliphatic hydroxyl groups is 2. The molecule has 1 heterocycles. The standard InChI is InChI=1S/C39H47NO9/c41-18-7-1-2-8-20-48-39(45)40-24-36(44)38(37(25-40)49-26-28-22-30-10-3-5-12-33(30)35(43)23-28)29-14-16-32(17-15-29)47-21-9-19-46-27-31-11-4-6-13-34(31)42/h3-6,10-17,22-23,36-38,41-44H,1-2,7-9,18-21,24-27H2. The van der Waals surface area contributed by atoms with E-state index in [1.54, 1.807) is 18.2 Å².